The molecule has 3 saturated heterocycles. The van der Waals surface area contributed by atoms with Crippen LogP contribution in [0.2, 0.25) is 5.02 Å². The van der Waals surface area contributed by atoms with Crippen LogP contribution < -0.4 is 20.7 Å². The number of pyridine rings is 2. The first-order valence-corrected chi connectivity index (χ1v) is 27.4. The van der Waals surface area contributed by atoms with Gasteiger partial charge in [0.2, 0.25) is 0 Å². The Morgan fingerprint density at radius 1 is 1.14 bits per heavy atom. The molecule has 3 fully saturated rings. The number of nitrogens with one attached hydrogen (secondary N) is 1. The number of nitrogen functional groups attached to an aromatic ring is 1. The summed E-state index contributed by atoms with van der Waals surface area (Å²) in [6.45, 7) is 11.1. The average molecular weight is 1130 g/mol. The zero-order valence-electron chi connectivity index (χ0n) is 42.9. The Morgan fingerprint density at radius 3 is 2.72 bits per heavy atom. The van der Waals surface area contributed by atoms with E-state index >= 15 is 8.78 Å². The number of carbonyl (C=O) groups is 3. The highest BCUT2D eigenvalue weighted by atomic mass is 35.5. The fourth-order valence-corrected chi connectivity index (χ4v) is 13.7. The minimum absolute atomic E-state index is 0.0125. The molecule has 0 spiro atoms. The summed E-state index contributed by atoms with van der Waals surface area (Å²) in [4.78, 5) is 60.1. The van der Waals surface area contributed by atoms with E-state index in [1.165, 1.54) is 12.1 Å². The van der Waals surface area contributed by atoms with Crippen LogP contribution >= 0.6 is 35.2 Å². The van der Waals surface area contributed by atoms with Gasteiger partial charge in [-0.2, -0.15) is 15.2 Å². The minimum atomic E-state index is -1.82. The number of anilines is 3. The van der Waals surface area contributed by atoms with Crippen molar-refractivity contribution >= 4 is 102 Å². The quantitative estimate of drug-likeness (QED) is 0.0660. The molecular weight excluding hydrogens is 1080 g/mol. The number of carbonyl (C=O) groups excluding carboxylic acids is 3. The van der Waals surface area contributed by atoms with Gasteiger partial charge in [-0.05, 0) is 87.7 Å². The molecule has 3 aromatic carbocycles. The van der Waals surface area contributed by atoms with Crippen LogP contribution in [0.25, 0.3) is 54.4 Å². The van der Waals surface area contributed by atoms with E-state index in [-0.39, 0.29) is 117 Å². The van der Waals surface area contributed by atoms with Gasteiger partial charge in [-0.1, -0.05) is 43.4 Å². The molecule has 79 heavy (non-hydrogen) atoms. The van der Waals surface area contributed by atoms with Crippen LogP contribution in [0.15, 0.2) is 60.7 Å². The summed E-state index contributed by atoms with van der Waals surface area (Å²) in [6.07, 6.45) is -0.944. The van der Waals surface area contributed by atoms with Crippen molar-refractivity contribution < 1.29 is 46.9 Å². The summed E-state index contributed by atoms with van der Waals surface area (Å²) < 4.78 is 67.2. The highest BCUT2D eigenvalue weighted by molar-refractivity contribution is 7.71. The number of hydrogen-bond acceptors (Lipinski definition) is 16. The minimum Gasteiger partial charge on any atom is -0.461 e. The van der Waals surface area contributed by atoms with Crippen molar-refractivity contribution in [1.82, 2.24) is 29.3 Å². The Bertz CT molecular complexity index is 3950. The van der Waals surface area contributed by atoms with Gasteiger partial charge in [-0.3, -0.25) is 15.0 Å². The van der Waals surface area contributed by atoms with Crippen molar-refractivity contribution in [3.05, 3.63) is 104 Å². The first kappa shape index (κ1) is 52.3. The van der Waals surface area contributed by atoms with E-state index in [0.717, 1.165) is 35.9 Å². The largest absolute Gasteiger partial charge is 0.461 e. The lowest BCUT2D eigenvalue weighted by Crippen LogP contribution is -2.54. The molecule has 0 unspecified atom stereocenters. The molecule has 5 atom stereocenters. The van der Waals surface area contributed by atoms with E-state index in [2.05, 4.69) is 21.8 Å². The molecule has 17 nitrogen and oxygen atoms in total. The summed E-state index contributed by atoms with van der Waals surface area (Å²) in [5, 5.41) is 25.2. The molecule has 5 aliphatic rings. The Hall–Kier alpha value is -7.42. The zero-order valence-corrected chi connectivity index (χ0v) is 45.3. The normalized spacial score (nSPS) is 21.8. The fraction of sp³-hybridized carbons (Fsp3) is 0.357. The summed E-state index contributed by atoms with van der Waals surface area (Å²) in [7, 11) is 0. The molecule has 406 valence electrons. The Kier molecular flexibility index (Phi) is 12.9. The molecule has 0 aliphatic carbocycles. The molecule has 0 bridgehead atoms. The summed E-state index contributed by atoms with van der Waals surface area (Å²) in [6, 6.07) is 14.3. The number of hydrogen-bond donors (Lipinski definition) is 3. The smallest absolute Gasteiger partial charge is 0.412 e. The molecule has 7 aromatic rings. The van der Waals surface area contributed by atoms with Crippen molar-refractivity contribution in [3.8, 4) is 34.6 Å². The van der Waals surface area contributed by atoms with E-state index in [9.17, 15) is 29.1 Å². The van der Waals surface area contributed by atoms with Crippen LogP contribution in [0, 0.1) is 27.6 Å². The second kappa shape index (κ2) is 19.4. The number of amides is 2. The Morgan fingerprint density at radius 2 is 1.95 bits per heavy atom. The van der Waals surface area contributed by atoms with Crippen molar-refractivity contribution in [2.45, 2.75) is 89.1 Å². The van der Waals surface area contributed by atoms with Crippen LogP contribution in [0.1, 0.15) is 68.7 Å². The topological polar surface area (TPSA) is 214 Å². The van der Waals surface area contributed by atoms with E-state index < -0.39 is 59.1 Å². The number of piperazine rings is 1. The number of thiophene rings is 1. The van der Waals surface area contributed by atoms with Gasteiger partial charge in [0.05, 0.1) is 49.8 Å². The number of cyclic esters (lactones) is 1. The van der Waals surface area contributed by atoms with Crippen LogP contribution in [0.5, 0.6) is 6.01 Å². The lowest BCUT2D eigenvalue weighted by atomic mass is 9.86. The van der Waals surface area contributed by atoms with Gasteiger partial charge in [0, 0.05) is 82.7 Å². The number of ether oxygens (including phenoxy) is 3. The number of esters is 1. The predicted molar refractivity (Wildman–Crippen MR) is 294 cm³/mol. The maximum Gasteiger partial charge on any atom is 0.412 e. The highest BCUT2D eigenvalue weighted by Gasteiger charge is 2.50. The van der Waals surface area contributed by atoms with Crippen molar-refractivity contribution in [1.29, 1.82) is 5.26 Å². The number of nitriles is 1. The van der Waals surface area contributed by atoms with Crippen molar-refractivity contribution in [2.24, 2.45) is 0 Å². The molecule has 0 radical (unpaired) electrons. The van der Waals surface area contributed by atoms with E-state index in [1.807, 2.05) is 28.5 Å². The van der Waals surface area contributed by atoms with Gasteiger partial charge in [0.1, 0.15) is 58.4 Å². The first-order valence-electron chi connectivity index (χ1n) is 25.8. The second-order valence-electron chi connectivity index (χ2n) is 20.9. The van der Waals surface area contributed by atoms with Crippen LogP contribution in [0.3, 0.4) is 0 Å². The first-order chi connectivity index (χ1) is 37.8. The third-order valence-electron chi connectivity index (χ3n) is 16.3. The van der Waals surface area contributed by atoms with Crippen LogP contribution in [-0.4, -0.2) is 116 Å². The number of rotatable bonds is 10. The summed E-state index contributed by atoms with van der Waals surface area (Å²) >= 11 is 13.7. The number of aliphatic hydroxyl groups is 1. The number of halogens is 4. The molecule has 2 amide bonds. The Balaban J connectivity index is 0.760. The maximum atomic E-state index is 17.5. The highest BCUT2D eigenvalue weighted by Crippen LogP contribution is 2.47. The third kappa shape index (κ3) is 8.50. The maximum absolute atomic E-state index is 17.5. The van der Waals surface area contributed by atoms with E-state index in [4.69, 9.17) is 53.7 Å². The zero-order chi connectivity index (χ0) is 55.6. The Labute approximate surface area is 463 Å². The fourth-order valence-electron chi connectivity index (χ4n) is 12.1. The van der Waals surface area contributed by atoms with Crippen LogP contribution in [-0.2, 0) is 37.8 Å². The van der Waals surface area contributed by atoms with Crippen molar-refractivity contribution in [3.63, 3.8) is 0 Å². The SMILES string of the molecule is C=C(C(=O)N1CCN(c2nc(OC[C@@]34CCCN3C[C@H](F)C4)nc3c(F)c(-c4ccc(F)c5sc(N)c(C#N)c45)c(Cl)cc23)[C@@H](C)C1)[C@@H](C)OC(=O)Nc1ccc2nc3c(cc2c1)Cn1c-3cc2c(c1=S)COC(=O)[C@]2(O)CC. The number of aromatic nitrogens is 4. The van der Waals surface area contributed by atoms with Gasteiger partial charge in [-0.25, -0.2) is 27.7 Å². The van der Waals surface area contributed by atoms with Crippen LogP contribution in [0.4, 0.5) is 34.5 Å². The summed E-state index contributed by atoms with van der Waals surface area (Å²) in [5.74, 6) is -2.42. The molecule has 4 aromatic heterocycles. The lowest BCUT2D eigenvalue weighted by Gasteiger charge is -2.41. The lowest BCUT2D eigenvalue weighted by molar-refractivity contribution is -0.172. The molecule has 9 heterocycles. The van der Waals surface area contributed by atoms with E-state index in [1.54, 1.807) is 43.0 Å². The average Bonchev–Trinajstić information content (AvgIpc) is 4.38. The molecule has 4 N–H and O–H groups in total. The summed E-state index contributed by atoms with van der Waals surface area (Å²) in [5.41, 5.74) is 7.80. The number of alkyl halides is 1. The van der Waals surface area contributed by atoms with Gasteiger partial charge in [-0.15, -0.1) is 11.3 Å². The second-order valence-corrected chi connectivity index (χ2v) is 22.7. The predicted octanol–water partition coefficient (Wildman–Crippen LogP) is 9.84. The van der Waals surface area contributed by atoms with Crippen molar-refractivity contribution in [2.75, 3.05) is 55.3 Å². The molecule has 23 heteroatoms. The number of nitrogens with two attached hydrogens (primary N) is 1. The number of fused-ring (bicyclic) bond motifs is 8. The standard InChI is InChI=1S/C56H50ClF3N10O7S2/c1-5-56(74)37-18-41-45-30(22-70(41)51(78)36(37)24-75-52(56)72)15-29-16-32(7-10-40(29)64-45)63-54(73)77-28(4)27(3)50(71)67-13-14-69(26(2)21-67)49-34-17-38(57)43(33-8-9-39(59)47-42(33)35(20-61)48(62)79-47)44(60)46(34)65-53(66-49)76-25-55-11-6-12-68(55)23-31(58)19-55/h7-10,15-18,26,28,31,74H,3,5-6,11-14,19,21-25,62H2,1-2,4H3,(H,63,73)/t26-,28+,31+,55-,56-/m0/s1. The third-order valence-corrected chi connectivity index (χ3v) is 18.1. The van der Waals surface area contributed by atoms with Gasteiger partial charge >= 0.3 is 18.1 Å². The molecule has 5 aliphatic heterocycles. The molecule has 12 rings (SSSR count). The van der Waals surface area contributed by atoms with Gasteiger partial charge in [0.15, 0.2) is 11.4 Å². The van der Waals surface area contributed by atoms with Gasteiger partial charge < -0.3 is 39.4 Å². The monoisotopic (exact) mass is 1130 g/mol. The number of nitrogens with zero attached hydrogens (tertiary/aromatic N) is 8. The number of benzene rings is 3. The molecular formula is C56H50ClF3N10O7S2. The van der Waals surface area contributed by atoms with Gasteiger partial charge in [0.25, 0.3) is 5.91 Å². The molecule has 0 saturated carbocycles. The van der Waals surface area contributed by atoms with E-state index in [0.29, 0.717) is 56.7 Å².